The van der Waals surface area contributed by atoms with Crippen molar-refractivity contribution in [2.24, 2.45) is 7.05 Å². The largest absolute Gasteiger partial charge is 0.392 e. The van der Waals surface area contributed by atoms with Crippen LogP contribution in [0.5, 0.6) is 0 Å². The number of hydrogen-bond donors (Lipinski definition) is 3. The molecule has 6 rings (SSSR count). The summed E-state index contributed by atoms with van der Waals surface area (Å²) in [5.41, 5.74) is 8.97. The third-order valence-corrected chi connectivity index (χ3v) is 7.99. The van der Waals surface area contributed by atoms with Gasteiger partial charge in [0, 0.05) is 62.0 Å². The lowest BCUT2D eigenvalue weighted by Crippen LogP contribution is -2.24. The molecule has 1 aliphatic heterocycles. The highest BCUT2D eigenvalue weighted by atomic mass is 35.5. The number of benzene rings is 2. The number of nitrogens with one attached hydrogen (secondary N) is 2. The summed E-state index contributed by atoms with van der Waals surface area (Å²) in [7, 11) is 1.88. The Labute approximate surface area is 237 Å². The smallest absolute Gasteiger partial charge is 0.291 e. The zero-order valence-electron chi connectivity index (χ0n) is 22.3. The zero-order valence-corrected chi connectivity index (χ0v) is 23.1. The Hall–Kier alpha value is -4.11. The van der Waals surface area contributed by atoms with Gasteiger partial charge in [-0.1, -0.05) is 41.9 Å². The Balaban J connectivity index is 1.30. The molecule has 0 radical (unpaired) electrons. The summed E-state index contributed by atoms with van der Waals surface area (Å²) in [4.78, 5) is 27.0. The maximum atomic E-state index is 13.2. The quantitative estimate of drug-likeness (QED) is 0.275. The van der Waals surface area contributed by atoms with E-state index in [1.165, 1.54) is 0 Å². The number of rotatable bonds is 6. The van der Waals surface area contributed by atoms with Crippen LogP contribution in [0.3, 0.4) is 0 Å². The van der Waals surface area contributed by atoms with Crippen LogP contribution < -0.4 is 10.6 Å². The van der Waals surface area contributed by atoms with Crippen molar-refractivity contribution >= 4 is 34.1 Å². The molecule has 0 bridgehead atoms. The highest BCUT2D eigenvalue weighted by molar-refractivity contribution is 6.36. The molecule has 9 heteroatoms. The summed E-state index contributed by atoms with van der Waals surface area (Å²) in [6.45, 7) is 3.55. The van der Waals surface area contributed by atoms with Crippen LogP contribution in [-0.4, -0.2) is 37.1 Å². The Bertz CT molecular complexity index is 1760. The molecule has 2 aromatic carbocycles. The third kappa shape index (κ3) is 4.75. The second-order valence-corrected chi connectivity index (χ2v) is 10.4. The summed E-state index contributed by atoms with van der Waals surface area (Å²) in [6.07, 6.45) is 4.89. The molecule has 1 amide bonds. The second kappa shape index (κ2) is 10.8. The standard InChI is InChI=1S/C31H29ClN6O2/c1-18-20(14-25-29-21(9-12-34-25)13-19(17-39)15-35-29)5-3-6-22(18)23-7-4-8-24(28(23)32)37-31(40)30-36-26-16-33-11-10-27(26)38(30)2/h3-9,12-13,15,33,39H,10-11,14,16-17H2,1-2H3,(H,37,40). The van der Waals surface area contributed by atoms with Crippen molar-refractivity contribution in [2.75, 3.05) is 11.9 Å². The van der Waals surface area contributed by atoms with Crippen LogP contribution in [0.25, 0.3) is 22.0 Å². The van der Waals surface area contributed by atoms with Gasteiger partial charge in [-0.3, -0.25) is 14.8 Å². The van der Waals surface area contributed by atoms with E-state index in [0.29, 0.717) is 29.5 Å². The first-order valence-electron chi connectivity index (χ1n) is 13.2. The number of nitrogens with zero attached hydrogens (tertiary/aromatic N) is 4. The first-order valence-corrected chi connectivity index (χ1v) is 13.6. The predicted octanol–water partition coefficient (Wildman–Crippen LogP) is 4.97. The van der Waals surface area contributed by atoms with Crippen molar-refractivity contribution < 1.29 is 9.90 Å². The molecule has 0 atom stereocenters. The van der Waals surface area contributed by atoms with E-state index in [1.54, 1.807) is 18.5 Å². The molecule has 0 aliphatic carbocycles. The van der Waals surface area contributed by atoms with Crippen molar-refractivity contribution in [3.63, 3.8) is 0 Å². The lowest BCUT2D eigenvalue weighted by atomic mass is 9.93. The number of aromatic nitrogens is 4. The third-order valence-electron chi connectivity index (χ3n) is 7.59. The van der Waals surface area contributed by atoms with Crippen molar-refractivity contribution in [3.05, 3.63) is 106 Å². The summed E-state index contributed by atoms with van der Waals surface area (Å²) in [5, 5.41) is 17.2. The average molecular weight is 553 g/mol. The predicted molar refractivity (Wildman–Crippen MR) is 156 cm³/mol. The molecule has 40 heavy (non-hydrogen) atoms. The number of carbonyl (C=O) groups is 1. The van der Waals surface area contributed by atoms with Gasteiger partial charge in [0.25, 0.3) is 5.91 Å². The highest BCUT2D eigenvalue weighted by Gasteiger charge is 2.23. The Morgan fingerprint density at radius 3 is 2.80 bits per heavy atom. The number of anilines is 1. The van der Waals surface area contributed by atoms with E-state index in [1.807, 2.05) is 48.0 Å². The minimum Gasteiger partial charge on any atom is -0.392 e. The van der Waals surface area contributed by atoms with Gasteiger partial charge in [-0.25, -0.2) is 4.98 Å². The Kier molecular flexibility index (Phi) is 7.06. The Morgan fingerprint density at radius 1 is 1.15 bits per heavy atom. The maximum Gasteiger partial charge on any atom is 0.291 e. The van der Waals surface area contributed by atoms with Crippen molar-refractivity contribution in [1.82, 2.24) is 24.8 Å². The van der Waals surface area contributed by atoms with Gasteiger partial charge >= 0.3 is 0 Å². The van der Waals surface area contributed by atoms with Crippen molar-refractivity contribution in [2.45, 2.75) is 32.9 Å². The number of pyridine rings is 2. The maximum absolute atomic E-state index is 13.2. The number of aliphatic hydroxyl groups is 1. The molecule has 3 aromatic heterocycles. The first-order chi connectivity index (χ1) is 19.4. The lowest BCUT2D eigenvalue weighted by molar-refractivity contribution is 0.101. The molecule has 0 saturated carbocycles. The number of imidazole rings is 1. The molecule has 0 saturated heterocycles. The number of aliphatic hydroxyl groups excluding tert-OH is 1. The van der Waals surface area contributed by atoms with E-state index in [0.717, 1.165) is 68.8 Å². The Morgan fingerprint density at radius 2 is 1.98 bits per heavy atom. The number of fused-ring (bicyclic) bond motifs is 2. The van der Waals surface area contributed by atoms with Gasteiger partial charge in [-0.15, -0.1) is 0 Å². The molecule has 1 aliphatic rings. The molecule has 0 unspecified atom stereocenters. The molecule has 3 N–H and O–H groups in total. The summed E-state index contributed by atoms with van der Waals surface area (Å²) in [6, 6.07) is 15.6. The average Bonchev–Trinajstić information content (AvgIpc) is 3.32. The molecule has 5 aromatic rings. The van der Waals surface area contributed by atoms with E-state index in [-0.39, 0.29) is 12.5 Å². The summed E-state index contributed by atoms with van der Waals surface area (Å²) >= 11 is 6.91. The summed E-state index contributed by atoms with van der Waals surface area (Å²) in [5.74, 6) is 0.0796. The molecule has 8 nitrogen and oxygen atoms in total. The van der Waals surface area contributed by atoms with Gasteiger partial charge in [0.05, 0.1) is 34.2 Å². The second-order valence-electron chi connectivity index (χ2n) is 10.0. The molecular weight excluding hydrogens is 524 g/mol. The van der Waals surface area contributed by atoms with Gasteiger partial charge in [0.1, 0.15) is 0 Å². The van der Waals surface area contributed by atoms with Gasteiger partial charge in [-0.05, 0) is 47.4 Å². The number of hydrogen-bond acceptors (Lipinski definition) is 6. The van der Waals surface area contributed by atoms with E-state index >= 15 is 0 Å². The van der Waals surface area contributed by atoms with E-state index in [9.17, 15) is 9.90 Å². The number of carbonyl (C=O) groups excluding carboxylic acids is 1. The normalized spacial score (nSPS) is 12.9. The fraction of sp³-hybridized carbons (Fsp3) is 0.226. The monoisotopic (exact) mass is 552 g/mol. The van der Waals surface area contributed by atoms with Crippen LogP contribution in [0.4, 0.5) is 5.69 Å². The molecule has 202 valence electrons. The zero-order chi connectivity index (χ0) is 27.8. The van der Waals surface area contributed by atoms with Crippen LogP contribution >= 0.6 is 11.6 Å². The van der Waals surface area contributed by atoms with Crippen molar-refractivity contribution in [3.8, 4) is 11.1 Å². The van der Waals surface area contributed by atoms with Gasteiger partial charge in [0.2, 0.25) is 0 Å². The number of halogens is 1. The molecular formula is C31H29ClN6O2. The van der Waals surface area contributed by atoms with Crippen LogP contribution in [0, 0.1) is 6.92 Å². The van der Waals surface area contributed by atoms with Gasteiger partial charge < -0.3 is 20.3 Å². The van der Waals surface area contributed by atoms with E-state index in [2.05, 4.69) is 38.6 Å². The summed E-state index contributed by atoms with van der Waals surface area (Å²) < 4.78 is 1.87. The van der Waals surface area contributed by atoms with E-state index < -0.39 is 0 Å². The molecule has 0 spiro atoms. The van der Waals surface area contributed by atoms with Crippen LogP contribution in [-0.2, 0) is 33.0 Å². The minimum absolute atomic E-state index is 0.0523. The fourth-order valence-electron chi connectivity index (χ4n) is 5.40. The van der Waals surface area contributed by atoms with Crippen LogP contribution in [0.1, 0.15) is 44.4 Å². The SMILES string of the molecule is Cc1c(Cc2nccc3cc(CO)cnc23)cccc1-c1cccc(NC(=O)c2nc3c(n2C)CCNC3)c1Cl. The van der Waals surface area contributed by atoms with Crippen LogP contribution in [0.15, 0.2) is 60.9 Å². The minimum atomic E-state index is -0.291. The van der Waals surface area contributed by atoms with Crippen LogP contribution in [0.2, 0.25) is 5.02 Å². The molecule has 0 fully saturated rings. The fourth-order valence-corrected chi connectivity index (χ4v) is 5.68. The number of amides is 1. The first kappa shape index (κ1) is 26.1. The van der Waals surface area contributed by atoms with E-state index in [4.69, 9.17) is 11.6 Å². The highest BCUT2D eigenvalue weighted by Crippen LogP contribution is 2.37. The van der Waals surface area contributed by atoms with Crippen molar-refractivity contribution in [1.29, 1.82) is 0 Å². The lowest BCUT2D eigenvalue weighted by Gasteiger charge is -2.16. The molecule has 4 heterocycles. The topological polar surface area (TPSA) is 105 Å². The van der Waals surface area contributed by atoms with Gasteiger partial charge in [-0.2, -0.15) is 0 Å². The van der Waals surface area contributed by atoms with Gasteiger partial charge in [0.15, 0.2) is 5.82 Å².